The standard InChI is InChI=1S/C13H23N3/c1-10(2)6-7-16-9-13(12(5)15-16)8-14-11(3)4/h9,11,14H,1,6-8H2,2-5H3. The number of aromatic nitrogens is 2. The predicted molar refractivity (Wildman–Crippen MR) is 68.4 cm³/mol. The van der Waals surface area contributed by atoms with Crippen molar-refractivity contribution in [3.8, 4) is 0 Å². The molecule has 0 saturated heterocycles. The zero-order chi connectivity index (χ0) is 12.1. The van der Waals surface area contributed by atoms with E-state index in [1.807, 2.05) is 4.68 Å². The Morgan fingerprint density at radius 3 is 2.81 bits per heavy atom. The third kappa shape index (κ3) is 4.19. The van der Waals surface area contributed by atoms with Gasteiger partial charge in [0, 0.05) is 30.9 Å². The fourth-order valence-corrected chi connectivity index (χ4v) is 1.47. The quantitative estimate of drug-likeness (QED) is 0.748. The lowest BCUT2D eigenvalue weighted by atomic mass is 10.2. The summed E-state index contributed by atoms with van der Waals surface area (Å²) in [4.78, 5) is 0. The smallest absolute Gasteiger partial charge is 0.0638 e. The van der Waals surface area contributed by atoms with E-state index >= 15 is 0 Å². The van der Waals surface area contributed by atoms with Gasteiger partial charge in [-0.25, -0.2) is 0 Å². The molecule has 1 aromatic rings. The lowest BCUT2D eigenvalue weighted by molar-refractivity contribution is 0.585. The monoisotopic (exact) mass is 221 g/mol. The van der Waals surface area contributed by atoms with Gasteiger partial charge in [0.1, 0.15) is 0 Å². The highest BCUT2D eigenvalue weighted by Gasteiger charge is 2.05. The first-order valence-electron chi connectivity index (χ1n) is 5.89. The van der Waals surface area contributed by atoms with E-state index in [0.717, 1.165) is 25.2 Å². The summed E-state index contributed by atoms with van der Waals surface area (Å²) >= 11 is 0. The van der Waals surface area contributed by atoms with Crippen LogP contribution in [0.5, 0.6) is 0 Å². The Labute approximate surface area is 98.5 Å². The molecular formula is C13H23N3. The van der Waals surface area contributed by atoms with Gasteiger partial charge in [-0.1, -0.05) is 19.4 Å². The number of hydrogen-bond donors (Lipinski definition) is 1. The van der Waals surface area contributed by atoms with Gasteiger partial charge in [0.25, 0.3) is 0 Å². The minimum absolute atomic E-state index is 0.512. The lowest BCUT2D eigenvalue weighted by Crippen LogP contribution is -2.21. The first-order valence-corrected chi connectivity index (χ1v) is 5.89. The molecule has 0 saturated carbocycles. The van der Waals surface area contributed by atoms with Crippen molar-refractivity contribution in [2.45, 2.75) is 53.2 Å². The Hall–Kier alpha value is -1.09. The fourth-order valence-electron chi connectivity index (χ4n) is 1.47. The van der Waals surface area contributed by atoms with Crippen LogP contribution in [0.4, 0.5) is 0 Å². The van der Waals surface area contributed by atoms with Crippen molar-refractivity contribution in [1.82, 2.24) is 15.1 Å². The maximum atomic E-state index is 4.50. The summed E-state index contributed by atoms with van der Waals surface area (Å²) in [5, 5.41) is 7.91. The summed E-state index contributed by atoms with van der Waals surface area (Å²) in [6.45, 7) is 14.2. The van der Waals surface area contributed by atoms with Crippen molar-refractivity contribution < 1.29 is 0 Å². The van der Waals surface area contributed by atoms with Crippen LogP contribution in [0, 0.1) is 6.92 Å². The van der Waals surface area contributed by atoms with Crippen molar-refractivity contribution in [2.24, 2.45) is 0 Å². The molecule has 1 aromatic heterocycles. The van der Waals surface area contributed by atoms with Gasteiger partial charge in [-0.3, -0.25) is 4.68 Å². The average molecular weight is 221 g/mol. The molecule has 0 aliphatic rings. The molecule has 0 bridgehead atoms. The molecule has 0 aromatic carbocycles. The average Bonchev–Trinajstić information content (AvgIpc) is 2.53. The molecule has 0 aliphatic heterocycles. The molecule has 0 fully saturated rings. The molecule has 1 rings (SSSR count). The minimum atomic E-state index is 0.512. The minimum Gasteiger partial charge on any atom is -0.310 e. The maximum absolute atomic E-state index is 4.50. The molecule has 0 radical (unpaired) electrons. The molecule has 16 heavy (non-hydrogen) atoms. The van der Waals surface area contributed by atoms with E-state index < -0.39 is 0 Å². The summed E-state index contributed by atoms with van der Waals surface area (Å²) < 4.78 is 2.02. The van der Waals surface area contributed by atoms with Gasteiger partial charge < -0.3 is 5.32 Å². The van der Waals surface area contributed by atoms with Gasteiger partial charge in [0.15, 0.2) is 0 Å². The molecule has 90 valence electrons. The summed E-state index contributed by atoms with van der Waals surface area (Å²) in [6.07, 6.45) is 3.13. The van der Waals surface area contributed by atoms with E-state index in [-0.39, 0.29) is 0 Å². The van der Waals surface area contributed by atoms with Crippen LogP contribution in [0.15, 0.2) is 18.3 Å². The van der Waals surface area contributed by atoms with Gasteiger partial charge in [0.05, 0.1) is 5.69 Å². The van der Waals surface area contributed by atoms with Crippen molar-refractivity contribution in [3.63, 3.8) is 0 Å². The number of hydrogen-bond acceptors (Lipinski definition) is 2. The van der Waals surface area contributed by atoms with Crippen molar-refractivity contribution in [1.29, 1.82) is 0 Å². The van der Waals surface area contributed by atoms with Gasteiger partial charge >= 0.3 is 0 Å². The third-order valence-electron chi connectivity index (χ3n) is 2.52. The number of nitrogens with zero attached hydrogens (tertiary/aromatic N) is 2. The van der Waals surface area contributed by atoms with E-state index in [1.165, 1.54) is 11.1 Å². The normalized spacial score (nSPS) is 11.1. The van der Waals surface area contributed by atoms with Crippen LogP contribution in [0.3, 0.4) is 0 Å². The van der Waals surface area contributed by atoms with E-state index in [9.17, 15) is 0 Å². The number of allylic oxidation sites excluding steroid dienone is 1. The molecule has 0 aliphatic carbocycles. The molecule has 0 unspecified atom stereocenters. The molecule has 0 amide bonds. The first-order chi connectivity index (χ1) is 7.49. The van der Waals surface area contributed by atoms with Gasteiger partial charge in [-0.15, -0.1) is 6.58 Å². The van der Waals surface area contributed by atoms with E-state index in [2.05, 4.69) is 50.9 Å². The van der Waals surface area contributed by atoms with Crippen LogP contribution >= 0.6 is 0 Å². The second-order valence-corrected chi connectivity index (χ2v) is 4.75. The topological polar surface area (TPSA) is 29.9 Å². The van der Waals surface area contributed by atoms with Gasteiger partial charge in [-0.2, -0.15) is 5.10 Å². The van der Waals surface area contributed by atoms with Crippen LogP contribution in [-0.2, 0) is 13.1 Å². The van der Waals surface area contributed by atoms with Crippen molar-refractivity contribution in [2.75, 3.05) is 0 Å². The first kappa shape index (κ1) is 13.0. The highest BCUT2D eigenvalue weighted by atomic mass is 15.3. The Kier molecular flexibility index (Phi) is 4.74. The van der Waals surface area contributed by atoms with Crippen LogP contribution < -0.4 is 5.32 Å². The highest BCUT2D eigenvalue weighted by Crippen LogP contribution is 2.07. The van der Waals surface area contributed by atoms with E-state index in [4.69, 9.17) is 0 Å². The summed E-state index contributed by atoms with van der Waals surface area (Å²) in [6, 6.07) is 0.512. The van der Waals surface area contributed by atoms with Crippen LogP contribution in [0.1, 0.15) is 38.4 Å². The summed E-state index contributed by atoms with van der Waals surface area (Å²) in [5.41, 5.74) is 3.61. The van der Waals surface area contributed by atoms with Gasteiger partial charge in [0.2, 0.25) is 0 Å². The molecular weight excluding hydrogens is 198 g/mol. The zero-order valence-electron chi connectivity index (χ0n) is 10.9. The highest BCUT2D eigenvalue weighted by molar-refractivity contribution is 5.15. The van der Waals surface area contributed by atoms with Crippen LogP contribution in [0.25, 0.3) is 0 Å². The third-order valence-corrected chi connectivity index (χ3v) is 2.52. The lowest BCUT2D eigenvalue weighted by Gasteiger charge is -2.06. The summed E-state index contributed by atoms with van der Waals surface area (Å²) in [7, 11) is 0. The molecule has 0 spiro atoms. The van der Waals surface area contributed by atoms with Crippen molar-refractivity contribution >= 4 is 0 Å². The zero-order valence-corrected chi connectivity index (χ0v) is 10.9. The molecule has 3 heteroatoms. The van der Waals surface area contributed by atoms with Crippen LogP contribution in [0.2, 0.25) is 0 Å². The maximum Gasteiger partial charge on any atom is 0.0638 e. The number of nitrogens with one attached hydrogen (secondary N) is 1. The Bertz CT molecular complexity index is 350. The largest absolute Gasteiger partial charge is 0.310 e. The summed E-state index contributed by atoms with van der Waals surface area (Å²) in [5.74, 6) is 0. The van der Waals surface area contributed by atoms with E-state index in [0.29, 0.717) is 6.04 Å². The molecule has 0 atom stereocenters. The molecule has 1 heterocycles. The Morgan fingerprint density at radius 1 is 1.56 bits per heavy atom. The van der Waals surface area contributed by atoms with Crippen molar-refractivity contribution in [3.05, 3.63) is 29.6 Å². The van der Waals surface area contributed by atoms with E-state index in [1.54, 1.807) is 0 Å². The second-order valence-electron chi connectivity index (χ2n) is 4.75. The van der Waals surface area contributed by atoms with Crippen LogP contribution in [-0.4, -0.2) is 15.8 Å². The van der Waals surface area contributed by atoms with Gasteiger partial charge in [-0.05, 0) is 20.3 Å². The Morgan fingerprint density at radius 2 is 2.25 bits per heavy atom. The Balaban J connectivity index is 2.55. The molecule has 3 nitrogen and oxygen atoms in total. The second kappa shape index (κ2) is 5.85. The number of aryl methyl sites for hydroxylation is 2. The SMILES string of the molecule is C=C(C)CCn1cc(CNC(C)C)c(C)n1. The molecule has 1 N–H and O–H groups in total. The number of rotatable bonds is 6. The predicted octanol–water partition coefficient (Wildman–Crippen LogP) is 2.66. The fraction of sp³-hybridized carbons (Fsp3) is 0.615.